The van der Waals surface area contributed by atoms with Gasteiger partial charge in [-0.15, -0.1) is 11.6 Å². The molecule has 2 rings (SSSR count). The first-order chi connectivity index (χ1) is 8.38. The summed E-state index contributed by atoms with van der Waals surface area (Å²) in [7, 11) is 0. The molecular weight excluding hydrogens is 250 g/mol. The summed E-state index contributed by atoms with van der Waals surface area (Å²) in [5.74, 6) is 1.00. The molecule has 1 aliphatic rings. The van der Waals surface area contributed by atoms with Gasteiger partial charge in [-0.1, -0.05) is 0 Å². The third-order valence-electron chi connectivity index (χ3n) is 3.30. The number of hydrogen-bond acceptors (Lipinski definition) is 3. The SMILES string of the molecule is CC(C)(C)n1ccnc(NCC2CC(Cl)C2)c1=O. The second-order valence-electron chi connectivity index (χ2n) is 5.94. The number of anilines is 1. The molecular formula is C13H20ClN3O. The van der Waals surface area contributed by atoms with Crippen molar-refractivity contribution in [1.82, 2.24) is 9.55 Å². The average molecular weight is 270 g/mol. The second-order valence-corrected chi connectivity index (χ2v) is 6.55. The lowest BCUT2D eigenvalue weighted by Crippen LogP contribution is -2.37. The highest BCUT2D eigenvalue weighted by Gasteiger charge is 2.27. The fourth-order valence-electron chi connectivity index (χ4n) is 2.12. The minimum atomic E-state index is -0.228. The van der Waals surface area contributed by atoms with Crippen LogP contribution in [0.15, 0.2) is 17.2 Å². The molecule has 18 heavy (non-hydrogen) atoms. The summed E-state index contributed by atoms with van der Waals surface area (Å²) < 4.78 is 1.70. The van der Waals surface area contributed by atoms with Gasteiger partial charge in [0.2, 0.25) is 0 Å². The third-order valence-corrected chi connectivity index (χ3v) is 3.66. The maximum Gasteiger partial charge on any atom is 0.293 e. The highest BCUT2D eigenvalue weighted by molar-refractivity contribution is 6.21. The van der Waals surface area contributed by atoms with Gasteiger partial charge in [0.15, 0.2) is 5.82 Å². The van der Waals surface area contributed by atoms with E-state index in [1.807, 2.05) is 20.8 Å². The molecule has 0 aromatic carbocycles. The van der Waals surface area contributed by atoms with E-state index in [1.165, 1.54) is 0 Å². The first-order valence-electron chi connectivity index (χ1n) is 6.34. The van der Waals surface area contributed by atoms with Crippen molar-refractivity contribution < 1.29 is 0 Å². The predicted molar refractivity (Wildman–Crippen MR) is 74.3 cm³/mol. The van der Waals surface area contributed by atoms with E-state index < -0.39 is 0 Å². The maximum absolute atomic E-state index is 12.2. The molecule has 0 atom stereocenters. The predicted octanol–water partition coefficient (Wildman–Crippen LogP) is 2.43. The molecule has 1 fully saturated rings. The zero-order chi connectivity index (χ0) is 13.3. The van der Waals surface area contributed by atoms with Gasteiger partial charge in [-0.05, 0) is 39.5 Å². The van der Waals surface area contributed by atoms with Crippen LogP contribution >= 0.6 is 11.6 Å². The monoisotopic (exact) mass is 269 g/mol. The molecule has 0 radical (unpaired) electrons. The molecule has 4 nitrogen and oxygen atoms in total. The first-order valence-corrected chi connectivity index (χ1v) is 6.77. The number of alkyl halides is 1. The number of hydrogen-bond donors (Lipinski definition) is 1. The summed E-state index contributed by atoms with van der Waals surface area (Å²) in [6.45, 7) is 6.78. The van der Waals surface area contributed by atoms with E-state index >= 15 is 0 Å². The van der Waals surface area contributed by atoms with Crippen LogP contribution in [0, 0.1) is 5.92 Å². The highest BCUT2D eigenvalue weighted by Crippen LogP contribution is 2.31. The van der Waals surface area contributed by atoms with Crippen molar-refractivity contribution in [3.63, 3.8) is 0 Å². The summed E-state index contributed by atoms with van der Waals surface area (Å²) >= 11 is 5.93. The summed E-state index contributed by atoms with van der Waals surface area (Å²) in [6, 6.07) is 0. The molecule has 1 aromatic rings. The summed E-state index contributed by atoms with van der Waals surface area (Å²) in [6.07, 6.45) is 5.44. The van der Waals surface area contributed by atoms with Gasteiger partial charge in [0.1, 0.15) is 0 Å². The highest BCUT2D eigenvalue weighted by atomic mass is 35.5. The van der Waals surface area contributed by atoms with Gasteiger partial charge < -0.3 is 9.88 Å². The molecule has 5 heteroatoms. The Balaban J connectivity index is 2.07. The molecule has 1 aromatic heterocycles. The van der Waals surface area contributed by atoms with Crippen LogP contribution in [0.4, 0.5) is 5.82 Å². The van der Waals surface area contributed by atoms with E-state index in [9.17, 15) is 4.79 Å². The third kappa shape index (κ3) is 2.86. The molecule has 1 saturated carbocycles. The molecule has 0 bridgehead atoms. The minimum absolute atomic E-state index is 0.0632. The first kappa shape index (κ1) is 13.4. The topological polar surface area (TPSA) is 46.9 Å². The van der Waals surface area contributed by atoms with Gasteiger partial charge in [0, 0.05) is 29.9 Å². The van der Waals surface area contributed by atoms with E-state index in [0.29, 0.717) is 17.1 Å². The molecule has 1 aliphatic carbocycles. The van der Waals surface area contributed by atoms with Crippen LogP contribution in [0.5, 0.6) is 0 Å². The average Bonchev–Trinajstić information content (AvgIpc) is 2.23. The second kappa shape index (κ2) is 4.92. The van der Waals surface area contributed by atoms with Crippen LogP contribution in [-0.2, 0) is 5.54 Å². The Morgan fingerprint density at radius 3 is 2.72 bits per heavy atom. The van der Waals surface area contributed by atoms with Crippen LogP contribution in [0.3, 0.4) is 0 Å². The van der Waals surface area contributed by atoms with E-state index in [0.717, 1.165) is 19.4 Å². The van der Waals surface area contributed by atoms with E-state index in [4.69, 9.17) is 11.6 Å². The molecule has 0 amide bonds. The normalized spacial score (nSPS) is 23.6. The van der Waals surface area contributed by atoms with Gasteiger partial charge >= 0.3 is 0 Å². The quantitative estimate of drug-likeness (QED) is 0.858. The Morgan fingerprint density at radius 1 is 1.50 bits per heavy atom. The van der Waals surface area contributed by atoms with Gasteiger partial charge in [-0.2, -0.15) is 0 Å². The van der Waals surface area contributed by atoms with Gasteiger partial charge in [0.25, 0.3) is 5.56 Å². The Bertz CT molecular complexity index is 472. The van der Waals surface area contributed by atoms with Gasteiger partial charge in [-0.3, -0.25) is 4.79 Å². The lowest BCUT2D eigenvalue weighted by atomic mass is 9.85. The standard InChI is InChI=1S/C13H20ClN3O/c1-13(2,3)17-5-4-15-11(12(17)18)16-8-9-6-10(14)7-9/h4-5,9-10H,6-8H2,1-3H3,(H,15,16). The van der Waals surface area contributed by atoms with Crippen molar-refractivity contribution in [3.05, 3.63) is 22.7 Å². The maximum atomic E-state index is 12.2. The minimum Gasteiger partial charge on any atom is -0.365 e. The Hall–Kier alpha value is -1.03. The van der Waals surface area contributed by atoms with Crippen LogP contribution in [0.25, 0.3) is 0 Å². The molecule has 0 spiro atoms. The van der Waals surface area contributed by atoms with Crippen LogP contribution in [-0.4, -0.2) is 21.5 Å². The number of halogens is 1. The fraction of sp³-hybridized carbons (Fsp3) is 0.692. The Morgan fingerprint density at radius 2 is 2.17 bits per heavy atom. The van der Waals surface area contributed by atoms with Crippen molar-refractivity contribution in [1.29, 1.82) is 0 Å². The Kier molecular flexibility index (Phi) is 3.66. The molecule has 1 N–H and O–H groups in total. The molecule has 0 saturated heterocycles. The van der Waals surface area contributed by atoms with Gasteiger partial charge in [0.05, 0.1) is 0 Å². The van der Waals surface area contributed by atoms with Crippen molar-refractivity contribution >= 4 is 17.4 Å². The number of nitrogens with one attached hydrogen (secondary N) is 1. The van der Waals surface area contributed by atoms with Crippen molar-refractivity contribution in [2.24, 2.45) is 5.92 Å². The van der Waals surface area contributed by atoms with Crippen LogP contribution in [0.2, 0.25) is 0 Å². The van der Waals surface area contributed by atoms with E-state index in [2.05, 4.69) is 10.3 Å². The fourth-order valence-corrected chi connectivity index (χ4v) is 2.63. The zero-order valence-corrected chi connectivity index (χ0v) is 11.9. The zero-order valence-electron chi connectivity index (χ0n) is 11.1. The lowest BCUT2D eigenvalue weighted by molar-refractivity contribution is 0.340. The molecule has 100 valence electrons. The van der Waals surface area contributed by atoms with E-state index in [-0.39, 0.29) is 11.1 Å². The Labute approximate surface area is 112 Å². The van der Waals surface area contributed by atoms with Gasteiger partial charge in [-0.25, -0.2) is 4.98 Å². The summed E-state index contributed by atoms with van der Waals surface area (Å²) in [5, 5.41) is 3.46. The van der Waals surface area contributed by atoms with E-state index in [1.54, 1.807) is 17.0 Å². The van der Waals surface area contributed by atoms with Crippen molar-refractivity contribution in [2.75, 3.05) is 11.9 Å². The van der Waals surface area contributed by atoms with Crippen LogP contribution in [0.1, 0.15) is 33.6 Å². The van der Waals surface area contributed by atoms with Crippen molar-refractivity contribution in [2.45, 2.75) is 44.5 Å². The molecule has 1 heterocycles. The number of nitrogens with zero attached hydrogens (tertiary/aromatic N) is 2. The molecule has 0 aliphatic heterocycles. The summed E-state index contributed by atoms with van der Waals surface area (Å²) in [4.78, 5) is 16.3. The molecule has 0 unspecified atom stereocenters. The number of aromatic nitrogens is 2. The number of rotatable bonds is 3. The van der Waals surface area contributed by atoms with Crippen LogP contribution < -0.4 is 10.9 Å². The lowest BCUT2D eigenvalue weighted by Gasteiger charge is -2.31. The largest absolute Gasteiger partial charge is 0.365 e. The summed E-state index contributed by atoms with van der Waals surface area (Å²) in [5.41, 5.74) is -0.291. The smallest absolute Gasteiger partial charge is 0.293 e. The van der Waals surface area contributed by atoms with Crippen molar-refractivity contribution in [3.8, 4) is 0 Å².